The molecule has 3 atom stereocenters. The molecule has 0 aromatic heterocycles. The number of hydrogen-bond acceptors (Lipinski definition) is 3. The van der Waals surface area contributed by atoms with Crippen LogP contribution >= 0.6 is 39.1 Å². The molecule has 23 heavy (non-hydrogen) atoms. The second-order valence-corrected chi connectivity index (χ2v) is 8.27. The van der Waals surface area contributed by atoms with E-state index < -0.39 is 5.97 Å². The lowest BCUT2D eigenvalue weighted by Gasteiger charge is -2.36. The first kappa shape index (κ1) is 17.2. The van der Waals surface area contributed by atoms with E-state index in [1.54, 1.807) is 12.1 Å². The number of hydrogen-bond donors (Lipinski definition) is 0. The number of carbonyl (C=O) groups excluding carboxylic acids is 1. The average Bonchev–Trinajstić information content (AvgIpc) is 2.88. The van der Waals surface area contributed by atoms with Crippen LogP contribution in [0.2, 0.25) is 10.0 Å². The van der Waals surface area contributed by atoms with Crippen LogP contribution in [-0.4, -0.2) is 17.0 Å². The third-order valence-corrected chi connectivity index (χ3v) is 7.61. The number of carbonyl (C=O) groups is 1. The van der Waals surface area contributed by atoms with Crippen LogP contribution in [0.3, 0.4) is 0 Å². The van der Waals surface area contributed by atoms with E-state index in [2.05, 4.69) is 34.9 Å². The van der Waals surface area contributed by atoms with Gasteiger partial charge in [-0.25, -0.2) is 4.79 Å². The topological polar surface area (TPSA) is 38.7 Å². The molecule has 2 saturated carbocycles. The van der Waals surface area contributed by atoms with E-state index >= 15 is 0 Å². The van der Waals surface area contributed by atoms with Crippen molar-refractivity contribution in [3.05, 3.63) is 33.8 Å². The smallest absolute Gasteiger partial charge is 0.313 e. The number of halogens is 3. The molecule has 1 aromatic carbocycles. The van der Waals surface area contributed by atoms with Gasteiger partial charge in [0.15, 0.2) is 0 Å². The number of alkyl halides is 1. The lowest BCUT2D eigenvalue weighted by molar-refractivity contribution is 0.0509. The Morgan fingerprint density at radius 3 is 2.78 bits per heavy atom. The molecule has 0 amide bonds. The second-order valence-electron chi connectivity index (χ2n) is 6.86. The van der Waals surface area contributed by atoms with Crippen molar-refractivity contribution in [2.24, 2.45) is 21.9 Å². The summed E-state index contributed by atoms with van der Waals surface area (Å²) in [4.78, 5) is 17.4. The highest BCUT2D eigenvalue weighted by Gasteiger charge is 2.62. The SMILES string of the molecule is CC12CCC(CC1=NOC(=O)c1ccc(Cl)cc1Cl)C2(C)CBr. The summed E-state index contributed by atoms with van der Waals surface area (Å²) in [6, 6.07) is 4.68. The number of fused-ring (bicyclic) bond motifs is 2. The van der Waals surface area contributed by atoms with Crippen molar-refractivity contribution in [1.82, 2.24) is 0 Å². The molecule has 0 saturated heterocycles. The summed E-state index contributed by atoms with van der Waals surface area (Å²) in [5, 5.41) is 5.89. The monoisotopic (exact) mass is 417 g/mol. The molecule has 6 heteroatoms. The molecular formula is C17H18BrCl2NO2. The first-order valence-corrected chi connectivity index (χ1v) is 9.49. The number of rotatable bonds is 3. The molecule has 0 radical (unpaired) electrons. The van der Waals surface area contributed by atoms with E-state index in [1.807, 2.05) is 0 Å². The van der Waals surface area contributed by atoms with E-state index in [-0.39, 0.29) is 21.4 Å². The minimum absolute atomic E-state index is 0.0226. The molecule has 0 aliphatic heterocycles. The summed E-state index contributed by atoms with van der Waals surface area (Å²) in [7, 11) is 0. The summed E-state index contributed by atoms with van der Waals surface area (Å²) in [5.74, 6) is 0.0366. The van der Waals surface area contributed by atoms with Gasteiger partial charge >= 0.3 is 5.97 Å². The predicted octanol–water partition coefficient (Wildman–Crippen LogP) is 5.73. The molecule has 0 spiro atoms. The van der Waals surface area contributed by atoms with Gasteiger partial charge in [-0.05, 0) is 48.8 Å². The summed E-state index contributed by atoms with van der Waals surface area (Å²) < 4.78 is 0. The van der Waals surface area contributed by atoms with E-state index in [0.717, 1.165) is 23.9 Å². The van der Waals surface area contributed by atoms with E-state index in [9.17, 15) is 4.79 Å². The Hall–Kier alpha value is -0.580. The number of nitrogens with zero attached hydrogens (tertiary/aromatic N) is 1. The van der Waals surface area contributed by atoms with Gasteiger partial charge in [0.1, 0.15) is 0 Å². The maximum atomic E-state index is 12.2. The van der Waals surface area contributed by atoms with Gasteiger partial charge < -0.3 is 4.84 Å². The molecule has 3 unspecified atom stereocenters. The molecule has 2 aliphatic carbocycles. The number of oxime groups is 1. The maximum Gasteiger partial charge on any atom is 0.367 e. The molecule has 2 bridgehead atoms. The van der Waals surface area contributed by atoms with E-state index in [0.29, 0.717) is 10.9 Å². The summed E-state index contributed by atoms with van der Waals surface area (Å²) in [6.07, 6.45) is 3.17. The van der Waals surface area contributed by atoms with Gasteiger partial charge in [-0.15, -0.1) is 0 Å². The summed E-state index contributed by atoms with van der Waals surface area (Å²) >= 11 is 15.5. The molecule has 1 aromatic rings. The Labute approximate surface area is 154 Å². The lowest BCUT2D eigenvalue weighted by atomic mass is 9.70. The predicted molar refractivity (Wildman–Crippen MR) is 96.7 cm³/mol. The molecule has 0 heterocycles. The molecule has 3 nitrogen and oxygen atoms in total. The standard InChI is InChI=1S/C17H18BrCl2NO2/c1-16-6-5-10(17(16,2)9-18)7-14(16)21-23-15(22)12-4-3-11(19)8-13(12)20/h3-4,8,10H,5-7,9H2,1-2H3. The van der Waals surface area contributed by atoms with Gasteiger partial charge in [-0.1, -0.05) is 58.1 Å². The van der Waals surface area contributed by atoms with Gasteiger partial charge in [0.2, 0.25) is 0 Å². The third kappa shape index (κ3) is 2.63. The molecule has 2 fully saturated rings. The summed E-state index contributed by atoms with van der Waals surface area (Å²) in [5.41, 5.74) is 1.40. The molecule has 0 N–H and O–H groups in total. The zero-order valence-electron chi connectivity index (χ0n) is 13.0. The van der Waals surface area contributed by atoms with Crippen molar-refractivity contribution >= 4 is 50.8 Å². The van der Waals surface area contributed by atoms with Crippen molar-refractivity contribution in [2.45, 2.75) is 33.1 Å². The quantitative estimate of drug-likeness (QED) is 0.357. The van der Waals surface area contributed by atoms with E-state index in [1.165, 1.54) is 12.5 Å². The molecule has 124 valence electrons. The van der Waals surface area contributed by atoms with Gasteiger partial charge in [0, 0.05) is 15.8 Å². The Bertz CT molecular complexity index is 693. The van der Waals surface area contributed by atoms with Crippen LogP contribution in [0.1, 0.15) is 43.5 Å². The fraction of sp³-hybridized carbons (Fsp3) is 0.529. The molecular weight excluding hydrogens is 401 g/mol. The van der Waals surface area contributed by atoms with Gasteiger partial charge in [-0.2, -0.15) is 0 Å². The Balaban J connectivity index is 1.80. The zero-order valence-corrected chi connectivity index (χ0v) is 16.1. The largest absolute Gasteiger partial charge is 0.367 e. The molecule has 2 aliphatic rings. The number of benzene rings is 1. The average molecular weight is 419 g/mol. The van der Waals surface area contributed by atoms with Crippen molar-refractivity contribution < 1.29 is 9.63 Å². The van der Waals surface area contributed by atoms with Crippen molar-refractivity contribution in [1.29, 1.82) is 0 Å². The Morgan fingerprint density at radius 1 is 1.43 bits per heavy atom. The third-order valence-electron chi connectivity index (χ3n) is 5.90. The molecule has 3 rings (SSSR count). The maximum absolute atomic E-state index is 12.2. The minimum atomic E-state index is -0.550. The normalized spacial score (nSPS) is 34.1. The van der Waals surface area contributed by atoms with Crippen LogP contribution < -0.4 is 0 Å². The summed E-state index contributed by atoms with van der Waals surface area (Å²) in [6.45, 7) is 4.52. The highest BCUT2D eigenvalue weighted by molar-refractivity contribution is 9.09. The highest BCUT2D eigenvalue weighted by Crippen LogP contribution is 2.64. The van der Waals surface area contributed by atoms with Crippen LogP contribution in [-0.2, 0) is 4.84 Å². The highest BCUT2D eigenvalue weighted by atomic mass is 79.9. The lowest BCUT2D eigenvalue weighted by Crippen LogP contribution is -2.36. The van der Waals surface area contributed by atoms with Crippen molar-refractivity contribution in [3.8, 4) is 0 Å². The van der Waals surface area contributed by atoms with Crippen molar-refractivity contribution in [3.63, 3.8) is 0 Å². The Kier molecular flexibility index (Phi) is 4.54. The van der Waals surface area contributed by atoms with Crippen LogP contribution in [0, 0.1) is 16.7 Å². The van der Waals surface area contributed by atoms with Gasteiger partial charge in [0.05, 0.1) is 16.3 Å². The zero-order chi connectivity index (χ0) is 16.8. The van der Waals surface area contributed by atoms with Crippen LogP contribution in [0.15, 0.2) is 23.4 Å². The Morgan fingerprint density at radius 2 is 2.17 bits per heavy atom. The minimum Gasteiger partial charge on any atom is -0.313 e. The first-order chi connectivity index (χ1) is 10.8. The van der Waals surface area contributed by atoms with Crippen LogP contribution in [0.5, 0.6) is 0 Å². The van der Waals surface area contributed by atoms with Crippen molar-refractivity contribution in [2.75, 3.05) is 5.33 Å². The van der Waals surface area contributed by atoms with E-state index in [4.69, 9.17) is 28.0 Å². The first-order valence-electron chi connectivity index (χ1n) is 7.61. The van der Waals surface area contributed by atoms with Crippen LogP contribution in [0.4, 0.5) is 0 Å². The second kappa shape index (κ2) is 6.05. The van der Waals surface area contributed by atoms with Gasteiger partial charge in [-0.3, -0.25) is 0 Å². The van der Waals surface area contributed by atoms with Gasteiger partial charge in [0.25, 0.3) is 0 Å². The fourth-order valence-electron chi connectivity index (χ4n) is 3.97. The fourth-order valence-corrected chi connectivity index (χ4v) is 5.54. The van der Waals surface area contributed by atoms with Crippen LogP contribution in [0.25, 0.3) is 0 Å².